The molecule has 1 atom stereocenters. The van der Waals surface area contributed by atoms with Crippen LogP contribution in [0.5, 0.6) is 5.75 Å². The van der Waals surface area contributed by atoms with Crippen molar-refractivity contribution in [1.82, 2.24) is 14.5 Å². The van der Waals surface area contributed by atoms with E-state index in [0.717, 1.165) is 56.6 Å². The van der Waals surface area contributed by atoms with Crippen molar-refractivity contribution in [3.8, 4) is 5.75 Å². The number of nitrogens with one attached hydrogen (secondary N) is 1. The Morgan fingerprint density at radius 2 is 2.00 bits per heavy atom. The molecule has 0 spiro atoms. The summed E-state index contributed by atoms with van der Waals surface area (Å²) in [5.74, 6) is 1.59. The molecule has 8 heteroatoms. The van der Waals surface area contributed by atoms with E-state index in [2.05, 4.69) is 5.32 Å². The Balaban J connectivity index is 1.52. The molecule has 2 aliphatic rings. The van der Waals surface area contributed by atoms with E-state index in [1.165, 1.54) is 0 Å². The van der Waals surface area contributed by atoms with Gasteiger partial charge in [-0.25, -0.2) is 4.98 Å². The number of hydrogen-bond donors (Lipinski definition) is 1. The third-order valence-corrected chi connectivity index (χ3v) is 7.14. The molecule has 2 aromatic carbocycles. The summed E-state index contributed by atoms with van der Waals surface area (Å²) in [5.41, 5.74) is 3.00. The number of benzene rings is 2. The average molecular weight is 491 g/mol. The van der Waals surface area contributed by atoms with Crippen molar-refractivity contribution >= 4 is 28.5 Å². The summed E-state index contributed by atoms with van der Waals surface area (Å²) in [4.78, 5) is 33.8. The second-order valence-electron chi connectivity index (χ2n) is 9.78. The first-order chi connectivity index (χ1) is 17.5. The van der Waals surface area contributed by atoms with Crippen molar-refractivity contribution in [2.75, 3.05) is 32.1 Å². The van der Waals surface area contributed by atoms with Crippen LogP contribution in [0, 0.1) is 5.92 Å². The number of carbonyl (C=O) groups excluding carboxylic acids is 2. The quantitative estimate of drug-likeness (QED) is 0.480. The lowest BCUT2D eigenvalue weighted by Crippen LogP contribution is -2.38. The first kappa shape index (κ1) is 24.3. The van der Waals surface area contributed by atoms with E-state index >= 15 is 0 Å². The molecule has 2 fully saturated rings. The number of nitrogens with zero attached hydrogens (tertiary/aromatic N) is 3. The molecule has 1 saturated heterocycles. The molecule has 1 saturated carbocycles. The molecule has 8 nitrogen and oxygen atoms in total. The number of ether oxygens (including phenoxy) is 2. The van der Waals surface area contributed by atoms with Gasteiger partial charge in [0, 0.05) is 38.7 Å². The third-order valence-electron chi connectivity index (χ3n) is 7.14. The Hall–Kier alpha value is -3.39. The summed E-state index contributed by atoms with van der Waals surface area (Å²) in [7, 11) is 3.48. The molecule has 1 N–H and O–H groups in total. The van der Waals surface area contributed by atoms with Gasteiger partial charge in [0.15, 0.2) is 0 Å². The zero-order valence-corrected chi connectivity index (χ0v) is 21.3. The molecular formula is C28H34N4O4. The van der Waals surface area contributed by atoms with Crippen LogP contribution in [0.25, 0.3) is 11.0 Å². The smallest absolute Gasteiger partial charge is 0.259 e. The fourth-order valence-corrected chi connectivity index (χ4v) is 5.03. The SMILES string of the molecule is CCc1nc2cc(C(=O)N(CC3CC3)CC3CCCO3)cc(NC(=O)c3ccccc3OC)c2n1C. The Kier molecular flexibility index (Phi) is 6.96. The van der Waals surface area contributed by atoms with Crippen molar-refractivity contribution in [3.63, 3.8) is 0 Å². The van der Waals surface area contributed by atoms with Crippen molar-refractivity contribution < 1.29 is 19.1 Å². The van der Waals surface area contributed by atoms with Crippen molar-refractivity contribution in [2.24, 2.45) is 13.0 Å². The lowest BCUT2D eigenvalue weighted by molar-refractivity contribution is 0.0515. The van der Waals surface area contributed by atoms with Crippen LogP contribution in [0.15, 0.2) is 36.4 Å². The summed E-state index contributed by atoms with van der Waals surface area (Å²) < 4.78 is 13.2. The van der Waals surface area contributed by atoms with Gasteiger partial charge >= 0.3 is 0 Å². The van der Waals surface area contributed by atoms with Gasteiger partial charge in [0.25, 0.3) is 11.8 Å². The lowest BCUT2D eigenvalue weighted by Gasteiger charge is -2.26. The number of rotatable bonds is 9. The lowest BCUT2D eigenvalue weighted by atomic mass is 10.1. The number of carbonyl (C=O) groups is 2. The monoisotopic (exact) mass is 490 g/mol. The van der Waals surface area contributed by atoms with Crippen molar-refractivity contribution in [2.45, 2.75) is 45.1 Å². The Morgan fingerprint density at radius 1 is 1.19 bits per heavy atom. The topological polar surface area (TPSA) is 85.7 Å². The average Bonchev–Trinajstić information content (AvgIpc) is 3.44. The molecule has 2 heterocycles. The number of hydrogen-bond acceptors (Lipinski definition) is 5. The highest BCUT2D eigenvalue weighted by Gasteiger charge is 2.31. The van der Waals surface area contributed by atoms with Crippen molar-refractivity contribution in [3.05, 3.63) is 53.3 Å². The summed E-state index contributed by atoms with van der Waals surface area (Å²) >= 11 is 0. The second kappa shape index (κ2) is 10.3. The van der Waals surface area contributed by atoms with Gasteiger partial charge in [0.2, 0.25) is 0 Å². The Morgan fingerprint density at radius 3 is 2.69 bits per heavy atom. The summed E-state index contributed by atoms with van der Waals surface area (Å²) in [6, 6.07) is 10.7. The van der Waals surface area contributed by atoms with Gasteiger partial charge < -0.3 is 24.3 Å². The minimum absolute atomic E-state index is 0.0456. The molecule has 0 radical (unpaired) electrons. The molecule has 1 aliphatic heterocycles. The van der Waals surface area contributed by atoms with Crippen LogP contribution in [-0.4, -0.2) is 59.2 Å². The van der Waals surface area contributed by atoms with Crippen LogP contribution in [-0.2, 0) is 18.2 Å². The van der Waals surface area contributed by atoms with Crippen molar-refractivity contribution in [1.29, 1.82) is 0 Å². The molecule has 3 aromatic rings. The maximum absolute atomic E-state index is 13.8. The van der Waals surface area contributed by atoms with Crippen LogP contribution in [0.2, 0.25) is 0 Å². The van der Waals surface area contributed by atoms with Gasteiger partial charge in [-0.1, -0.05) is 19.1 Å². The third kappa shape index (κ3) is 4.95. The van der Waals surface area contributed by atoms with Gasteiger partial charge in [0.05, 0.1) is 35.5 Å². The van der Waals surface area contributed by atoms with E-state index < -0.39 is 0 Å². The zero-order chi connectivity index (χ0) is 25.2. The molecule has 5 rings (SSSR count). The number of amides is 2. The molecule has 1 aromatic heterocycles. The van der Waals surface area contributed by atoms with E-state index in [1.807, 2.05) is 35.6 Å². The molecule has 0 bridgehead atoms. The van der Waals surface area contributed by atoms with E-state index in [-0.39, 0.29) is 17.9 Å². The molecule has 2 amide bonds. The van der Waals surface area contributed by atoms with Gasteiger partial charge in [-0.3, -0.25) is 9.59 Å². The molecular weight excluding hydrogens is 456 g/mol. The largest absolute Gasteiger partial charge is 0.496 e. The first-order valence-corrected chi connectivity index (χ1v) is 12.8. The number of anilines is 1. The Bertz CT molecular complexity index is 1270. The minimum Gasteiger partial charge on any atom is -0.496 e. The second-order valence-corrected chi connectivity index (χ2v) is 9.78. The summed E-state index contributed by atoms with van der Waals surface area (Å²) in [6.07, 6.45) is 5.16. The highest BCUT2D eigenvalue weighted by Crippen LogP contribution is 2.32. The summed E-state index contributed by atoms with van der Waals surface area (Å²) in [6.45, 7) is 4.13. The number of imidazole rings is 1. The van der Waals surface area contributed by atoms with Crippen LogP contribution in [0.4, 0.5) is 5.69 Å². The van der Waals surface area contributed by atoms with E-state index in [4.69, 9.17) is 14.5 Å². The van der Waals surface area contributed by atoms with Gasteiger partial charge in [-0.2, -0.15) is 0 Å². The summed E-state index contributed by atoms with van der Waals surface area (Å²) in [5, 5.41) is 3.04. The number of fused-ring (bicyclic) bond motifs is 1. The van der Waals surface area contributed by atoms with Gasteiger partial charge in [-0.15, -0.1) is 0 Å². The molecule has 1 unspecified atom stereocenters. The zero-order valence-electron chi connectivity index (χ0n) is 21.3. The number of aryl methyl sites for hydroxylation is 2. The highest BCUT2D eigenvalue weighted by molar-refractivity contribution is 6.11. The van der Waals surface area contributed by atoms with Crippen LogP contribution < -0.4 is 10.1 Å². The number of para-hydroxylation sites is 1. The van der Waals surface area contributed by atoms with Crippen LogP contribution >= 0.6 is 0 Å². The molecule has 190 valence electrons. The number of aromatic nitrogens is 2. The fourth-order valence-electron chi connectivity index (χ4n) is 5.03. The van der Waals surface area contributed by atoms with E-state index in [1.54, 1.807) is 31.4 Å². The normalized spacial score (nSPS) is 17.4. The molecule has 1 aliphatic carbocycles. The van der Waals surface area contributed by atoms with Gasteiger partial charge in [0.1, 0.15) is 11.6 Å². The van der Waals surface area contributed by atoms with E-state index in [9.17, 15) is 9.59 Å². The van der Waals surface area contributed by atoms with Gasteiger partial charge in [-0.05, 0) is 55.9 Å². The highest BCUT2D eigenvalue weighted by atomic mass is 16.5. The maximum atomic E-state index is 13.8. The number of methoxy groups -OCH3 is 1. The fraction of sp³-hybridized carbons (Fsp3) is 0.464. The predicted molar refractivity (Wildman–Crippen MR) is 139 cm³/mol. The standard InChI is InChI=1S/C28H34N4O4/c1-4-25-29-22-14-19(28(34)32(16-18-11-12-18)17-20-8-7-13-36-20)15-23(26(22)31(25)2)30-27(33)21-9-5-6-10-24(21)35-3/h5-6,9-10,14-15,18,20H,4,7-8,11-13,16-17H2,1-3H3,(H,30,33). The predicted octanol–water partition coefficient (Wildman–Crippen LogP) is 4.43. The van der Waals surface area contributed by atoms with Crippen LogP contribution in [0.1, 0.15) is 59.1 Å². The minimum atomic E-state index is -0.299. The molecule has 36 heavy (non-hydrogen) atoms. The van der Waals surface area contributed by atoms with E-state index in [0.29, 0.717) is 40.5 Å². The Labute approximate surface area is 211 Å². The van der Waals surface area contributed by atoms with Crippen LogP contribution in [0.3, 0.4) is 0 Å². The first-order valence-electron chi connectivity index (χ1n) is 12.8. The maximum Gasteiger partial charge on any atom is 0.259 e.